The number of H-pyrrole nitrogens is 1. The maximum absolute atomic E-state index is 12.6. The van der Waals surface area contributed by atoms with Crippen molar-refractivity contribution in [2.75, 3.05) is 11.4 Å². The smallest absolute Gasteiger partial charge is 0.227 e. The molecule has 3 rings (SSSR count). The zero-order chi connectivity index (χ0) is 14.8. The highest BCUT2D eigenvalue weighted by Gasteiger charge is 2.22. The number of amides is 1. The van der Waals surface area contributed by atoms with Crippen LogP contribution in [0.2, 0.25) is 0 Å². The van der Waals surface area contributed by atoms with Crippen LogP contribution in [0.25, 0.3) is 0 Å². The average molecular weight is 283 g/mol. The number of aromatic nitrogens is 2. The fourth-order valence-electron chi connectivity index (χ4n) is 3.10. The van der Waals surface area contributed by atoms with E-state index in [2.05, 4.69) is 22.3 Å². The number of anilines is 1. The molecule has 0 atom stereocenters. The first-order valence-electron chi connectivity index (χ1n) is 7.55. The molecule has 0 saturated carbocycles. The van der Waals surface area contributed by atoms with E-state index >= 15 is 0 Å². The molecule has 1 aromatic carbocycles. The molecule has 0 unspecified atom stereocenters. The van der Waals surface area contributed by atoms with Gasteiger partial charge in [0.1, 0.15) is 0 Å². The Bertz CT molecular complexity index is 640. The number of aromatic amines is 1. The summed E-state index contributed by atoms with van der Waals surface area (Å²) in [5.74, 6) is 0.210. The second-order valence-electron chi connectivity index (χ2n) is 5.69. The van der Waals surface area contributed by atoms with Crippen LogP contribution in [0, 0.1) is 13.8 Å². The minimum atomic E-state index is 0.210. The summed E-state index contributed by atoms with van der Waals surface area (Å²) in [6.07, 6.45) is 3.41. The Morgan fingerprint density at radius 2 is 2.14 bits per heavy atom. The lowest BCUT2D eigenvalue weighted by molar-refractivity contribution is -0.118. The van der Waals surface area contributed by atoms with Crippen molar-refractivity contribution in [2.45, 2.75) is 39.5 Å². The normalized spacial score (nSPS) is 14.1. The van der Waals surface area contributed by atoms with Gasteiger partial charge < -0.3 is 4.90 Å². The number of hydrogen-bond acceptors (Lipinski definition) is 2. The quantitative estimate of drug-likeness (QED) is 0.941. The van der Waals surface area contributed by atoms with E-state index in [0.29, 0.717) is 6.42 Å². The fourth-order valence-corrected chi connectivity index (χ4v) is 3.10. The molecule has 0 bridgehead atoms. The van der Waals surface area contributed by atoms with E-state index in [4.69, 9.17) is 0 Å². The van der Waals surface area contributed by atoms with Gasteiger partial charge in [0.25, 0.3) is 0 Å². The zero-order valence-electron chi connectivity index (χ0n) is 12.6. The highest BCUT2D eigenvalue weighted by Crippen LogP contribution is 2.27. The molecule has 110 valence electrons. The molecule has 1 aliphatic heterocycles. The third-order valence-electron chi connectivity index (χ3n) is 4.28. The van der Waals surface area contributed by atoms with Gasteiger partial charge >= 0.3 is 0 Å². The van der Waals surface area contributed by atoms with E-state index in [-0.39, 0.29) is 5.91 Å². The predicted octanol–water partition coefficient (Wildman–Crippen LogP) is 2.94. The maximum Gasteiger partial charge on any atom is 0.227 e. The van der Waals surface area contributed by atoms with Gasteiger partial charge in [-0.1, -0.05) is 18.2 Å². The van der Waals surface area contributed by atoms with Crippen molar-refractivity contribution in [1.82, 2.24) is 10.2 Å². The topological polar surface area (TPSA) is 49.0 Å². The highest BCUT2D eigenvalue weighted by molar-refractivity contribution is 5.94. The SMILES string of the molecule is Cc1n[nH]c(C)c1CCC(=O)N1CCCc2ccccc21. The Hall–Kier alpha value is -2.10. The standard InChI is InChI=1S/C17H21N3O/c1-12-15(13(2)19-18-12)9-10-17(21)20-11-5-7-14-6-3-4-8-16(14)20/h3-4,6,8H,5,7,9-11H2,1-2H3,(H,18,19). The van der Waals surface area contributed by atoms with Gasteiger partial charge in [-0.25, -0.2) is 0 Å². The maximum atomic E-state index is 12.6. The van der Waals surface area contributed by atoms with Crippen LogP contribution >= 0.6 is 0 Å². The number of fused-ring (bicyclic) bond motifs is 1. The molecule has 4 nitrogen and oxygen atoms in total. The van der Waals surface area contributed by atoms with Crippen molar-refractivity contribution in [3.05, 3.63) is 46.8 Å². The summed E-state index contributed by atoms with van der Waals surface area (Å²) in [5, 5.41) is 7.17. The van der Waals surface area contributed by atoms with E-state index < -0.39 is 0 Å². The zero-order valence-corrected chi connectivity index (χ0v) is 12.6. The van der Waals surface area contributed by atoms with Crippen LogP contribution in [0.3, 0.4) is 0 Å². The minimum absolute atomic E-state index is 0.210. The molecule has 1 aliphatic rings. The minimum Gasteiger partial charge on any atom is -0.312 e. The number of carbonyl (C=O) groups excluding carboxylic acids is 1. The van der Waals surface area contributed by atoms with Crippen molar-refractivity contribution in [3.8, 4) is 0 Å². The number of carbonyl (C=O) groups is 1. The summed E-state index contributed by atoms with van der Waals surface area (Å²) in [6, 6.07) is 8.24. The molecular formula is C17H21N3O. The molecule has 21 heavy (non-hydrogen) atoms. The van der Waals surface area contributed by atoms with Gasteiger partial charge in [0, 0.05) is 24.3 Å². The van der Waals surface area contributed by atoms with E-state index in [1.165, 1.54) is 11.1 Å². The number of para-hydroxylation sites is 1. The Morgan fingerprint density at radius 1 is 1.33 bits per heavy atom. The number of hydrogen-bond donors (Lipinski definition) is 1. The predicted molar refractivity (Wildman–Crippen MR) is 83.5 cm³/mol. The van der Waals surface area contributed by atoms with Crippen LogP contribution in [0.15, 0.2) is 24.3 Å². The lowest BCUT2D eigenvalue weighted by Gasteiger charge is -2.29. The third-order valence-corrected chi connectivity index (χ3v) is 4.28. The van der Waals surface area contributed by atoms with Crippen molar-refractivity contribution in [1.29, 1.82) is 0 Å². The molecule has 0 radical (unpaired) electrons. The lowest BCUT2D eigenvalue weighted by atomic mass is 10.0. The van der Waals surface area contributed by atoms with Crippen LogP contribution in [-0.2, 0) is 17.6 Å². The van der Waals surface area contributed by atoms with Gasteiger partial charge in [0.2, 0.25) is 5.91 Å². The first-order chi connectivity index (χ1) is 10.2. The second kappa shape index (κ2) is 5.72. The summed E-state index contributed by atoms with van der Waals surface area (Å²) < 4.78 is 0. The van der Waals surface area contributed by atoms with Gasteiger partial charge in [-0.05, 0) is 50.3 Å². The number of nitrogens with one attached hydrogen (secondary N) is 1. The van der Waals surface area contributed by atoms with Crippen LogP contribution in [0.4, 0.5) is 5.69 Å². The Kier molecular flexibility index (Phi) is 3.78. The molecule has 1 amide bonds. The molecule has 2 aromatic rings. The molecule has 0 saturated heterocycles. The first-order valence-corrected chi connectivity index (χ1v) is 7.55. The summed E-state index contributed by atoms with van der Waals surface area (Å²) in [4.78, 5) is 14.5. The highest BCUT2D eigenvalue weighted by atomic mass is 16.2. The van der Waals surface area contributed by atoms with Gasteiger partial charge in [0.05, 0.1) is 5.69 Å². The van der Waals surface area contributed by atoms with E-state index in [0.717, 1.165) is 42.9 Å². The summed E-state index contributed by atoms with van der Waals surface area (Å²) in [7, 11) is 0. The van der Waals surface area contributed by atoms with Gasteiger partial charge in [0.15, 0.2) is 0 Å². The second-order valence-corrected chi connectivity index (χ2v) is 5.69. The van der Waals surface area contributed by atoms with Gasteiger partial charge in [-0.3, -0.25) is 9.89 Å². The molecule has 0 aliphatic carbocycles. The monoisotopic (exact) mass is 283 g/mol. The Balaban J connectivity index is 1.72. The number of nitrogens with zero attached hydrogens (tertiary/aromatic N) is 2. The van der Waals surface area contributed by atoms with Crippen molar-refractivity contribution < 1.29 is 4.79 Å². The fraction of sp³-hybridized carbons (Fsp3) is 0.412. The van der Waals surface area contributed by atoms with E-state index in [1.807, 2.05) is 30.9 Å². The summed E-state index contributed by atoms with van der Waals surface area (Å²) in [5.41, 5.74) is 5.62. The van der Waals surface area contributed by atoms with E-state index in [9.17, 15) is 4.79 Å². The average Bonchev–Trinajstić information content (AvgIpc) is 2.83. The number of benzene rings is 1. The van der Waals surface area contributed by atoms with Gasteiger partial charge in [-0.2, -0.15) is 5.10 Å². The third kappa shape index (κ3) is 2.71. The van der Waals surface area contributed by atoms with Crippen molar-refractivity contribution in [3.63, 3.8) is 0 Å². The molecule has 2 heterocycles. The molecule has 1 aromatic heterocycles. The Morgan fingerprint density at radius 3 is 2.90 bits per heavy atom. The van der Waals surface area contributed by atoms with Crippen LogP contribution in [-0.4, -0.2) is 22.6 Å². The summed E-state index contributed by atoms with van der Waals surface area (Å²) in [6.45, 7) is 4.83. The van der Waals surface area contributed by atoms with Crippen LogP contribution in [0.1, 0.15) is 35.4 Å². The van der Waals surface area contributed by atoms with E-state index in [1.54, 1.807) is 0 Å². The van der Waals surface area contributed by atoms with Crippen LogP contribution < -0.4 is 4.90 Å². The Labute approximate surface area is 125 Å². The van der Waals surface area contributed by atoms with Crippen LogP contribution in [0.5, 0.6) is 0 Å². The number of aryl methyl sites for hydroxylation is 3. The molecule has 0 spiro atoms. The van der Waals surface area contributed by atoms with Crippen molar-refractivity contribution in [2.24, 2.45) is 0 Å². The molecule has 0 fully saturated rings. The van der Waals surface area contributed by atoms with Gasteiger partial charge in [-0.15, -0.1) is 0 Å². The first kappa shape index (κ1) is 13.9. The largest absolute Gasteiger partial charge is 0.312 e. The van der Waals surface area contributed by atoms with Crippen molar-refractivity contribution >= 4 is 11.6 Å². The molecular weight excluding hydrogens is 262 g/mol. The molecule has 1 N–H and O–H groups in total. The lowest BCUT2D eigenvalue weighted by Crippen LogP contribution is -2.35. The number of rotatable bonds is 3. The summed E-state index contributed by atoms with van der Waals surface area (Å²) >= 11 is 0. The molecule has 4 heteroatoms.